The Morgan fingerprint density at radius 1 is 1.35 bits per heavy atom. The van der Waals surface area contributed by atoms with Gasteiger partial charge in [-0.05, 0) is 55.5 Å². The van der Waals surface area contributed by atoms with Crippen molar-refractivity contribution in [1.29, 1.82) is 0 Å². The molecule has 1 aromatic carbocycles. The molecule has 23 heavy (non-hydrogen) atoms. The molecule has 5 nitrogen and oxygen atoms in total. The second kappa shape index (κ2) is 8.77. The molecule has 2 atom stereocenters. The van der Waals surface area contributed by atoms with Crippen LogP contribution in [0.1, 0.15) is 31.7 Å². The first-order valence-electron chi connectivity index (χ1n) is 8.32. The highest BCUT2D eigenvalue weighted by Gasteiger charge is 2.21. The van der Waals surface area contributed by atoms with E-state index >= 15 is 0 Å². The lowest BCUT2D eigenvalue weighted by molar-refractivity contribution is -0.122. The van der Waals surface area contributed by atoms with Crippen LogP contribution in [0.3, 0.4) is 0 Å². The molecule has 1 fully saturated rings. The Kier molecular flexibility index (Phi) is 6.71. The number of carbonyl (C=O) groups is 1. The maximum atomic E-state index is 12.2. The molecule has 5 heteroatoms. The Labute approximate surface area is 138 Å². The molecule has 0 aromatic heterocycles. The van der Waals surface area contributed by atoms with Crippen molar-refractivity contribution in [2.75, 3.05) is 27.3 Å². The zero-order valence-electron chi connectivity index (χ0n) is 14.4. The topological polar surface area (TPSA) is 59.6 Å². The van der Waals surface area contributed by atoms with Gasteiger partial charge in [-0.3, -0.25) is 4.79 Å². The van der Waals surface area contributed by atoms with Crippen molar-refractivity contribution in [1.82, 2.24) is 10.6 Å². The van der Waals surface area contributed by atoms with Gasteiger partial charge >= 0.3 is 0 Å². The molecule has 1 saturated heterocycles. The highest BCUT2D eigenvalue weighted by Crippen LogP contribution is 2.27. The van der Waals surface area contributed by atoms with Crippen molar-refractivity contribution < 1.29 is 14.3 Å². The van der Waals surface area contributed by atoms with Crippen molar-refractivity contribution in [3.8, 4) is 11.5 Å². The Balaban J connectivity index is 1.81. The second-order valence-electron chi connectivity index (χ2n) is 6.25. The Morgan fingerprint density at radius 3 is 2.78 bits per heavy atom. The van der Waals surface area contributed by atoms with Crippen LogP contribution >= 0.6 is 0 Å². The van der Waals surface area contributed by atoms with E-state index in [-0.39, 0.29) is 5.91 Å². The SMILES string of the molecule is COc1ccc(CNC(=O)CC(C)C2CCCNC2)cc1OC. The number of rotatable bonds is 7. The lowest BCUT2D eigenvalue weighted by Crippen LogP contribution is -2.35. The number of methoxy groups -OCH3 is 2. The number of piperidine rings is 1. The van der Waals surface area contributed by atoms with Crippen LogP contribution in [0.2, 0.25) is 0 Å². The molecular weight excluding hydrogens is 292 g/mol. The van der Waals surface area contributed by atoms with Gasteiger partial charge in [0.1, 0.15) is 0 Å². The van der Waals surface area contributed by atoms with Crippen molar-refractivity contribution >= 4 is 5.91 Å². The number of hydrogen-bond donors (Lipinski definition) is 2. The van der Waals surface area contributed by atoms with Gasteiger partial charge in [0.15, 0.2) is 11.5 Å². The summed E-state index contributed by atoms with van der Waals surface area (Å²) in [4.78, 5) is 12.2. The number of ether oxygens (including phenoxy) is 2. The minimum Gasteiger partial charge on any atom is -0.493 e. The van der Waals surface area contributed by atoms with E-state index in [1.165, 1.54) is 12.8 Å². The monoisotopic (exact) mass is 320 g/mol. The summed E-state index contributed by atoms with van der Waals surface area (Å²) in [5.41, 5.74) is 1.00. The third kappa shape index (κ3) is 5.13. The van der Waals surface area contributed by atoms with Crippen LogP contribution in [0.25, 0.3) is 0 Å². The van der Waals surface area contributed by atoms with Crippen LogP contribution < -0.4 is 20.1 Å². The quantitative estimate of drug-likeness (QED) is 0.809. The summed E-state index contributed by atoms with van der Waals surface area (Å²) in [5, 5.41) is 6.41. The fraction of sp³-hybridized carbons (Fsp3) is 0.611. The van der Waals surface area contributed by atoms with Crippen molar-refractivity contribution in [3.05, 3.63) is 23.8 Å². The minimum atomic E-state index is 0.109. The smallest absolute Gasteiger partial charge is 0.220 e. The standard InChI is InChI=1S/C18H28N2O3/c1-13(15-5-4-8-19-12-15)9-18(21)20-11-14-6-7-16(22-2)17(10-14)23-3/h6-7,10,13,15,19H,4-5,8-9,11-12H2,1-3H3,(H,20,21). The highest BCUT2D eigenvalue weighted by molar-refractivity contribution is 5.76. The molecule has 1 aromatic rings. The summed E-state index contributed by atoms with van der Waals surface area (Å²) in [6.07, 6.45) is 3.01. The molecule has 1 heterocycles. The van der Waals surface area contributed by atoms with Gasteiger partial charge in [-0.2, -0.15) is 0 Å². The van der Waals surface area contributed by atoms with Gasteiger partial charge in [0, 0.05) is 13.0 Å². The van der Waals surface area contributed by atoms with Crippen molar-refractivity contribution in [2.45, 2.75) is 32.7 Å². The van der Waals surface area contributed by atoms with E-state index in [9.17, 15) is 4.79 Å². The Bertz CT molecular complexity index is 513. The zero-order chi connectivity index (χ0) is 16.7. The molecule has 0 radical (unpaired) electrons. The van der Waals surface area contributed by atoms with Gasteiger partial charge < -0.3 is 20.1 Å². The fourth-order valence-corrected chi connectivity index (χ4v) is 3.09. The number of nitrogens with one attached hydrogen (secondary N) is 2. The third-order valence-electron chi connectivity index (χ3n) is 4.58. The molecule has 0 saturated carbocycles. The molecule has 1 aliphatic rings. The van der Waals surface area contributed by atoms with Gasteiger partial charge in [0.2, 0.25) is 5.91 Å². The van der Waals surface area contributed by atoms with Gasteiger partial charge in [0.25, 0.3) is 0 Å². The van der Waals surface area contributed by atoms with Gasteiger partial charge in [-0.1, -0.05) is 13.0 Å². The molecule has 1 amide bonds. The maximum Gasteiger partial charge on any atom is 0.220 e. The van der Waals surface area contributed by atoms with E-state index in [1.807, 2.05) is 18.2 Å². The zero-order valence-corrected chi connectivity index (χ0v) is 14.4. The van der Waals surface area contributed by atoms with E-state index in [1.54, 1.807) is 14.2 Å². The summed E-state index contributed by atoms with van der Waals surface area (Å²) >= 11 is 0. The molecule has 0 bridgehead atoms. The Morgan fingerprint density at radius 2 is 2.13 bits per heavy atom. The van der Waals surface area contributed by atoms with Crippen LogP contribution in [0, 0.1) is 11.8 Å². The molecule has 0 spiro atoms. The van der Waals surface area contributed by atoms with Crippen molar-refractivity contribution in [3.63, 3.8) is 0 Å². The van der Waals surface area contributed by atoms with Crippen LogP contribution in [0.15, 0.2) is 18.2 Å². The normalized spacial score (nSPS) is 19.0. The number of benzene rings is 1. The van der Waals surface area contributed by atoms with Gasteiger partial charge in [-0.25, -0.2) is 0 Å². The van der Waals surface area contributed by atoms with Crippen LogP contribution in [-0.2, 0) is 11.3 Å². The molecule has 0 aliphatic carbocycles. The molecule has 2 N–H and O–H groups in total. The molecule has 2 unspecified atom stereocenters. The summed E-state index contributed by atoms with van der Waals surface area (Å²) in [5.74, 6) is 2.50. The first-order valence-corrected chi connectivity index (χ1v) is 8.32. The largest absolute Gasteiger partial charge is 0.493 e. The number of amides is 1. The maximum absolute atomic E-state index is 12.2. The predicted molar refractivity (Wildman–Crippen MR) is 90.8 cm³/mol. The van der Waals surface area contributed by atoms with E-state index in [0.717, 1.165) is 18.7 Å². The predicted octanol–water partition coefficient (Wildman–Crippen LogP) is 2.35. The van der Waals surface area contributed by atoms with Gasteiger partial charge in [0.05, 0.1) is 14.2 Å². The highest BCUT2D eigenvalue weighted by atomic mass is 16.5. The van der Waals surface area contributed by atoms with E-state index in [0.29, 0.717) is 36.3 Å². The summed E-state index contributed by atoms with van der Waals surface area (Å²) in [7, 11) is 3.22. The summed E-state index contributed by atoms with van der Waals surface area (Å²) < 4.78 is 10.5. The van der Waals surface area contributed by atoms with E-state index in [2.05, 4.69) is 17.6 Å². The molecule has 128 valence electrons. The lowest BCUT2D eigenvalue weighted by Gasteiger charge is -2.28. The first kappa shape index (κ1) is 17.6. The van der Waals surface area contributed by atoms with Crippen molar-refractivity contribution in [2.24, 2.45) is 11.8 Å². The Hall–Kier alpha value is -1.75. The molecule has 2 rings (SSSR count). The van der Waals surface area contributed by atoms with Gasteiger partial charge in [-0.15, -0.1) is 0 Å². The fourth-order valence-electron chi connectivity index (χ4n) is 3.09. The first-order chi connectivity index (χ1) is 11.1. The minimum absolute atomic E-state index is 0.109. The third-order valence-corrected chi connectivity index (χ3v) is 4.58. The summed E-state index contributed by atoms with van der Waals surface area (Å²) in [6, 6.07) is 5.69. The number of hydrogen-bond acceptors (Lipinski definition) is 4. The van der Waals surface area contributed by atoms with E-state index in [4.69, 9.17) is 9.47 Å². The lowest BCUT2D eigenvalue weighted by atomic mass is 9.85. The van der Waals surface area contributed by atoms with Crippen LogP contribution in [0.4, 0.5) is 0 Å². The van der Waals surface area contributed by atoms with Crippen LogP contribution in [-0.4, -0.2) is 33.2 Å². The number of carbonyl (C=O) groups excluding carboxylic acids is 1. The average molecular weight is 320 g/mol. The summed E-state index contributed by atoms with van der Waals surface area (Å²) in [6.45, 7) is 4.82. The molecule has 1 aliphatic heterocycles. The second-order valence-corrected chi connectivity index (χ2v) is 6.25. The van der Waals surface area contributed by atoms with E-state index < -0.39 is 0 Å². The molecular formula is C18H28N2O3. The average Bonchev–Trinajstić information content (AvgIpc) is 2.60. The van der Waals surface area contributed by atoms with Crippen LogP contribution in [0.5, 0.6) is 11.5 Å².